The van der Waals surface area contributed by atoms with E-state index in [2.05, 4.69) is 36.6 Å². The smallest absolute Gasteiger partial charge is 0.0272 e. The van der Waals surface area contributed by atoms with Crippen LogP contribution in [0.4, 0.5) is 0 Å². The van der Waals surface area contributed by atoms with Gasteiger partial charge in [0.25, 0.3) is 0 Å². The standard InChI is InChI=1S/C10H16N2S/c1-9(12-11)7-13-8-10-5-3-2-4-6-10/h2-6,9,12H,7-8,11H2,1H3. The van der Waals surface area contributed by atoms with Gasteiger partial charge in [-0.3, -0.25) is 11.3 Å². The molecule has 1 atom stereocenters. The predicted molar refractivity (Wildman–Crippen MR) is 59.4 cm³/mol. The fraction of sp³-hybridized carbons (Fsp3) is 0.400. The van der Waals surface area contributed by atoms with Crippen molar-refractivity contribution in [2.24, 2.45) is 5.84 Å². The van der Waals surface area contributed by atoms with E-state index in [9.17, 15) is 0 Å². The second kappa shape index (κ2) is 6.02. The van der Waals surface area contributed by atoms with Gasteiger partial charge in [0, 0.05) is 17.5 Å². The van der Waals surface area contributed by atoms with Gasteiger partial charge in [0.1, 0.15) is 0 Å². The third-order valence-electron chi connectivity index (χ3n) is 1.76. The molecule has 0 saturated carbocycles. The zero-order chi connectivity index (χ0) is 9.52. The van der Waals surface area contributed by atoms with Gasteiger partial charge in [-0.25, -0.2) is 0 Å². The average Bonchev–Trinajstić information content (AvgIpc) is 2.19. The highest BCUT2D eigenvalue weighted by atomic mass is 32.2. The summed E-state index contributed by atoms with van der Waals surface area (Å²) in [7, 11) is 0. The molecule has 0 aliphatic heterocycles. The number of benzene rings is 1. The maximum atomic E-state index is 5.29. The van der Waals surface area contributed by atoms with Gasteiger partial charge in [-0.15, -0.1) is 0 Å². The monoisotopic (exact) mass is 196 g/mol. The lowest BCUT2D eigenvalue weighted by molar-refractivity contribution is 0.625. The number of thioether (sulfide) groups is 1. The van der Waals surface area contributed by atoms with Crippen molar-refractivity contribution in [3.8, 4) is 0 Å². The molecule has 3 N–H and O–H groups in total. The van der Waals surface area contributed by atoms with Crippen molar-refractivity contribution in [3.63, 3.8) is 0 Å². The summed E-state index contributed by atoms with van der Waals surface area (Å²) in [5.41, 5.74) is 4.10. The number of hydrazine groups is 1. The average molecular weight is 196 g/mol. The van der Waals surface area contributed by atoms with Crippen LogP contribution in [-0.2, 0) is 5.75 Å². The van der Waals surface area contributed by atoms with Crippen LogP contribution in [0.2, 0.25) is 0 Å². The molecular weight excluding hydrogens is 180 g/mol. The molecule has 72 valence electrons. The lowest BCUT2D eigenvalue weighted by Gasteiger charge is -2.08. The molecule has 1 unspecified atom stereocenters. The van der Waals surface area contributed by atoms with Crippen LogP contribution in [0, 0.1) is 0 Å². The molecule has 0 bridgehead atoms. The molecule has 3 heteroatoms. The maximum absolute atomic E-state index is 5.29. The molecule has 0 aliphatic rings. The molecule has 0 amide bonds. The summed E-state index contributed by atoms with van der Waals surface area (Å²) in [6.45, 7) is 2.08. The molecule has 0 fully saturated rings. The Labute approximate surface area is 83.9 Å². The van der Waals surface area contributed by atoms with Gasteiger partial charge in [0.05, 0.1) is 0 Å². The highest BCUT2D eigenvalue weighted by Gasteiger charge is 1.98. The third-order valence-corrected chi connectivity index (χ3v) is 3.04. The van der Waals surface area contributed by atoms with Crippen LogP contribution in [0.3, 0.4) is 0 Å². The van der Waals surface area contributed by atoms with Crippen molar-refractivity contribution in [3.05, 3.63) is 35.9 Å². The fourth-order valence-electron chi connectivity index (χ4n) is 0.976. The van der Waals surface area contributed by atoms with E-state index in [4.69, 9.17) is 5.84 Å². The molecule has 1 aromatic carbocycles. The Morgan fingerprint density at radius 3 is 2.69 bits per heavy atom. The van der Waals surface area contributed by atoms with E-state index in [1.807, 2.05) is 17.8 Å². The van der Waals surface area contributed by atoms with Gasteiger partial charge in [0.2, 0.25) is 0 Å². The normalized spacial score (nSPS) is 12.8. The molecule has 1 aromatic rings. The van der Waals surface area contributed by atoms with Crippen LogP contribution >= 0.6 is 11.8 Å². The van der Waals surface area contributed by atoms with E-state index in [0.717, 1.165) is 11.5 Å². The van der Waals surface area contributed by atoms with E-state index in [0.29, 0.717) is 6.04 Å². The van der Waals surface area contributed by atoms with Crippen LogP contribution in [-0.4, -0.2) is 11.8 Å². The van der Waals surface area contributed by atoms with Crippen LogP contribution in [0.1, 0.15) is 12.5 Å². The van der Waals surface area contributed by atoms with Crippen molar-refractivity contribution in [2.75, 3.05) is 5.75 Å². The van der Waals surface area contributed by atoms with Crippen LogP contribution < -0.4 is 11.3 Å². The number of rotatable bonds is 5. The van der Waals surface area contributed by atoms with Crippen molar-refractivity contribution in [1.29, 1.82) is 0 Å². The van der Waals surface area contributed by atoms with E-state index in [-0.39, 0.29) is 0 Å². The zero-order valence-electron chi connectivity index (χ0n) is 7.86. The molecule has 13 heavy (non-hydrogen) atoms. The van der Waals surface area contributed by atoms with Gasteiger partial charge >= 0.3 is 0 Å². The van der Waals surface area contributed by atoms with Crippen LogP contribution in [0.15, 0.2) is 30.3 Å². The van der Waals surface area contributed by atoms with Crippen LogP contribution in [0.25, 0.3) is 0 Å². The molecule has 0 saturated heterocycles. The second-order valence-corrected chi connectivity index (χ2v) is 4.10. The number of hydrogen-bond acceptors (Lipinski definition) is 3. The second-order valence-electron chi connectivity index (χ2n) is 3.07. The summed E-state index contributed by atoms with van der Waals surface area (Å²) >= 11 is 1.90. The first-order chi connectivity index (χ1) is 6.33. The Morgan fingerprint density at radius 1 is 1.38 bits per heavy atom. The third kappa shape index (κ3) is 4.31. The molecule has 0 aliphatic carbocycles. The van der Waals surface area contributed by atoms with Gasteiger partial charge in [-0.05, 0) is 12.5 Å². The first-order valence-electron chi connectivity index (χ1n) is 4.40. The summed E-state index contributed by atoms with van der Waals surface area (Å²) in [6, 6.07) is 10.9. The Morgan fingerprint density at radius 2 is 2.08 bits per heavy atom. The highest BCUT2D eigenvalue weighted by Crippen LogP contribution is 2.12. The summed E-state index contributed by atoms with van der Waals surface area (Å²) in [5, 5.41) is 0. The Kier molecular flexibility index (Phi) is 4.90. The summed E-state index contributed by atoms with van der Waals surface area (Å²) in [5.74, 6) is 7.40. The zero-order valence-corrected chi connectivity index (χ0v) is 8.68. The van der Waals surface area contributed by atoms with E-state index in [1.165, 1.54) is 5.56 Å². The lowest BCUT2D eigenvalue weighted by Crippen LogP contribution is -2.34. The number of nitrogens with one attached hydrogen (secondary N) is 1. The highest BCUT2D eigenvalue weighted by molar-refractivity contribution is 7.98. The van der Waals surface area contributed by atoms with Crippen molar-refractivity contribution in [2.45, 2.75) is 18.7 Å². The predicted octanol–water partition coefficient (Wildman–Crippen LogP) is 1.77. The van der Waals surface area contributed by atoms with Gasteiger partial charge in [-0.2, -0.15) is 11.8 Å². The largest absolute Gasteiger partial charge is 0.271 e. The molecule has 0 spiro atoms. The number of nitrogens with two attached hydrogens (primary N) is 1. The summed E-state index contributed by atoms with van der Waals surface area (Å²) < 4.78 is 0. The molecule has 0 aromatic heterocycles. The van der Waals surface area contributed by atoms with Gasteiger partial charge in [0.15, 0.2) is 0 Å². The molecular formula is C10H16N2S. The minimum atomic E-state index is 0.383. The summed E-state index contributed by atoms with van der Waals surface area (Å²) in [4.78, 5) is 0. The molecule has 2 nitrogen and oxygen atoms in total. The maximum Gasteiger partial charge on any atom is 0.0272 e. The topological polar surface area (TPSA) is 38.0 Å². The minimum absolute atomic E-state index is 0.383. The van der Waals surface area contributed by atoms with Crippen molar-refractivity contribution >= 4 is 11.8 Å². The summed E-state index contributed by atoms with van der Waals surface area (Å²) in [6.07, 6.45) is 0. The van der Waals surface area contributed by atoms with Gasteiger partial charge in [-0.1, -0.05) is 30.3 Å². The SMILES string of the molecule is CC(CSCc1ccccc1)NN. The first kappa shape index (κ1) is 10.6. The molecule has 1 rings (SSSR count). The van der Waals surface area contributed by atoms with E-state index >= 15 is 0 Å². The van der Waals surface area contributed by atoms with Crippen molar-refractivity contribution in [1.82, 2.24) is 5.43 Å². The lowest BCUT2D eigenvalue weighted by atomic mass is 10.2. The molecule has 0 heterocycles. The molecule has 0 radical (unpaired) electrons. The Bertz CT molecular complexity index is 226. The van der Waals surface area contributed by atoms with Crippen molar-refractivity contribution < 1.29 is 0 Å². The first-order valence-corrected chi connectivity index (χ1v) is 5.56. The van der Waals surface area contributed by atoms with Gasteiger partial charge < -0.3 is 0 Å². The van der Waals surface area contributed by atoms with E-state index in [1.54, 1.807) is 0 Å². The minimum Gasteiger partial charge on any atom is -0.271 e. The number of hydrogen-bond donors (Lipinski definition) is 2. The Balaban J connectivity index is 2.20. The van der Waals surface area contributed by atoms with E-state index < -0.39 is 0 Å². The quantitative estimate of drug-likeness (QED) is 0.557. The van der Waals surface area contributed by atoms with Crippen LogP contribution in [0.5, 0.6) is 0 Å². The fourth-order valence-corrected chi connectivity index (χ4v) is 1.97. The Hall–Kier alpha value is -0.510.